The van der Waals surface area contributed by atoms with Crippen LogP contribution in [0.1, 0.15) is 20.8 Å². The van der Waals surface area contributed by atoms with Gasteiger partial charge in [0.2, 0.25) is 0 Å². The number of carbonyl (C=O) groups is 1. The third-order valence-corrected chi connectivity index (χ3v) is 3.55. The molecule has 0 spiro atoms. The van der Waals surface area contributed by atoms with Crippen LogP contribution in [0.5, 0.6) is 0 Å². The number of halogens is 6. The quantitative estimate of drug-likeness (QED) is 0.522. The van der Waals surface area contributed by atoms with Gasteiger partial charge in [-0.3, -0.25) is 0 Å². The Morgan fingerprint density at radius 1 is 1.12 bits per heavy atom. The molecule has 1 amide bonds. The fraction of sp³-hybridized carbons (Fsp3) is 0.917. The predicted octanol–water partition coefficient (Wildman–Crippen LogP) is 1.52. The number of piperazine rings is 1. The van der Waals surface area contributed by atoms with Gasteiger partial charge in [-0.05, 0) is 26.1 Å². The Morgan fingerprint density at radius 2 is 1.56 bits per heavy atom. The summed E-state index contributed by atoms with van der Waals surface area (Å²) >= 11 is 0. The molecular formula is C12H15B3F6N2O2. The van der Waals surface area contributed by atoms with Crippen molar-refractivity contribution in [3.8, 4) is 0 Å². The van der Waals surface area contributed by atoms with Crippen LogP contribution in [-0.4, -0.2) is 87.8 Å². The lowest BCUT2D eigenvalue weighted by atomic mass is 9.57. The molecule has 1 atom stereocenters. The first kappa shape index (κ1) is 22.0. The zero-order valence-corrected chi connectivity index (χ0v) is 13.8. The molecule has 25 heavy (non-hydrogen) atoms. The number of hydrogen-bond acceptors (Lipinski definition) is 3. The molecule has 6 radical (unpaired) electrons. The summed E-state index contributed by atoms with van der Waals surface area (Å²) in [6, 6.07) is 0. The van der Waals surface area contributed by atoms with Crippen molar-refractivity contribution in [3.05, 3.63) is 0 Å². The van der Waals surface area contributed by atoms with Gasteiger partial charge in [0.05, 0.1) is 15.7 Å². The Bertz CT molecular complexity index is 493. The van der Waals surface area contributed by atoms with E-state index in [-0.39, 0.29) is 6.54 Å². The largest absolute Gasteiger partial charge is 0.434 e. The van der Waals surface area contributed by atoms with Crippen LogP contribution in [0.4, 0.5) is 31.1 Å². The van der Waals surface area contributed by atoms with E-state index in [9.17, 15) is 31.1 Å². The zero-order chi connectivity index (χ0) is 20.0. The van der Waals surface area contributed by atoms with Gasteiger partial charge in [-0.2, -0.15) is 26.3 Å². The van der Waals surface area contributed by atoms with E-state index in [1.807, 2.05) is 0 Å². The second kappa shape index (κ2) is 6.62. The second-order valence-corrected chi connectivity index (χ2v) is 6.81. The van der Waals surface area contributed by atoms with Crippen LogP contribution in [0.25, 0.3) is 0 Å². The van der Waals surface area contributed by atoms with Crippen molar-refractivity contribution in [2.45, 2.75) is 56.0 Å². The van der Waals surface area contributed by atoms with E-state index in [1.54, 1.807) is 20.8 Å². The minimum Gasteiger partial charge on any atom is -0.426 e. The molecule has 136 valence electrons. The molecule has 1 saturated heterocycles. The fourth-order valence-electron chi connectivity index (χ4n) is 2.52. The molecule has 0 aromatic carbocycles. The highest BCUT2D eigenvalue weighted by molar-refractivity contribution is 6.40. The van der Waals surface area contributed by atoms with Crippen LogP contribution in [0.15, 0.2) is 0 Å². The number of carbonyl (C=O) groups excluding carboxylic acids is 1. The highest BCUT2D eigenvalue weighted by atomic mass is 19.4. The van der Waals surface area contributed by atoms with Gasteiger partial charge in [-0.15, -0.1) is 0 Å². The third-order valence-electron chi connectivity index (χ3n) is 3.55. The summed E-state index contributed by atoms with van der Waals surface area (Å²) in [6.07, 6.45) is -17.8. The van der Waals surface area contributed by atoms with Crippen LogP contribution < -0.4 is 0 Å². The summed E-state index contributed by atoms with van der Waals surface area (Å²) in [5.41, 5.74) is -0.614. The van der Waals surface area contributed by atoms with Crippen LogP contribution in [0.3, 0.4) is 0 Å². The summed E-state index contributed by atoms with van der Waals surface area (Å²) in [7, 11) is 17.4. The highest BCUT2D eigenvalue weighted by Crippen LogP contribution is 2.36. The lowest BCUT2D eigenvalue weighted by molar-refractivity contribution is -0.308. The Kier molecular flexibility index (Phi) is 5.84. The maximum atomic E-state index is 12.5. The van der Waals surface area contributed by atoms with Crippen molar-refractivity contribution in [1.82, 2.24) is 9.80 Å². The maximum absolute atomic E-state index is 12.5. The van der Waals surface area contributed by atoms with Crippen LogP contribution in [0.2, 0.25) is 0 Å². The SMILES string of the molecule is [B]C1CN(C(C)(C)C)C([B])([B])CN1C(=O)OC(C(F)(F)F)C(F)(F)F. The summed E-state index contributed by atoms with van der Waals surface area (Å²) in [5.74, 6) is -1.26. The van der Waals surface area contributed by atoms with Gasteiger partial charge < -0.3 is 14.5 Å². The van der Waals surface area contributed by atoms with Crippen molar-refractivity contribution >= 4 is 29.6 Å². The lowest BCUT2D eigenvalue weighted by Gasteiger charge is -2.56. The van der Waals surface area contributed by atoms with Crippen molar-refractivity contribution in [2.75, 3.05) is 13.1 Å². The van der Waals surface area contributed by atoms with Crippen molar-refractivity contribution in [3.63, 3.8) is 0 Å². The number of ether oxygens (including phenoxy) is 1. The van der Waals surface area contributed by atoms with E-state index >= 15 is 0 Å². The highest BCUT2D eigenvalue weighted by Gasteiger charge is 2.60. The van der Waals surface area contributed by atoms with Crippen LogP contribution in [-0.2, 0) is 4.74 Å². The standard InChI is InChI=1S/C12H15B3F6N2O2/c1-9(2,3)23-4-6(13)22(5-10(23,14)15)8(24)25-7(11(16,17)18)12(19,20)21/h6-7H,4-5H2,1-3H3. The molecule has 0 aliphatic carbocycles. The summed E-state index contributed by atoms with van der Waals surface area (Å²) < 4.78 is 78.7. The van der Waals surface area contributed by atoms with E-state index < -0.39 is 47.9 Å². The van der Waals surface area contributed by atoms with E-state index in [1.165, 1.54) is 4.90 Å². The second-order valence-electron chi connectivity index (χ2n) is 6.81. The summed E-state index contributed by atoms with van der Waals surface area (Å²) in [5, 5.41) is -1.72. The molecule has 1 aliphatic rings. The smallest absolute Gasteiger partial charge is 0.426 e. The fourth-order valence-corrected chi connectivity index (χ4v) is 2.52. The van der Waals surface area contributed by atoms with Gasteiger partial charge >= 0.3 is 18.4 Å². The average Bonchev–Trinajstić information content (AvgIpc) is 2.33. The molecule has 4 nitrogen and oxygen atoms in total. The number of nitrogens with zero attached hydrogens (tertiary/aromatic N) is 2. The first-order chi connectivity index (χ1) is 10.9. The molecule has 0 saturated carbocycles. The molecule has 0 bridgehead atoms. The monoisotopic (exact) mass is 366 g/mol. The number of hydrogen-bond donors (Lipinski definition) is 0. The minimum atomic E-state index is -5.83. The van der Waals surface area contributed by atoms with Crippen molar-refractivity contribution < 1.29 is 35.9 Å². The first-order valence-electron chi connectivity index (χ1n) is 7.09. The minimum absolute atomic E-state index is 0.172. The Balaban J connectivity index is 3.00. The van der Waals surface area contributed by atoms with Gasteiger partial charge in [0.15, 0.2) is 0 Å². The van der Waals surface area contributed by atoms with Crippen LogP contribution >= 0.6 is 0 Å². The predicted molar refractivity (Wildman–Crippen MR) is 79.3 cm³/mol. The third kappa shape index (κ3) is 5.24. The maximum Gasteiger partial charge on any atom is 0.434 e. The van der Waals surface area contributed by atoms with Crippen molar-refractivity contribution in [2.24, 2.45) is 0 Å². The van der Waals surface area contributed by atoms with Gasteiger partial charge in [0.1, 0.15) is 7.85 Å². The molecule has 1 rings (SSSR count). The molecule has 0 aromatic heterocycles. The number of rotatable bonds is 1. The van der Waals surface area contributed by atoms with Gasteiger partial charge in [-0.25, -0.2) is 4.79 Å². The van der Waals surface area contributed by atoms with Gasteiger partial charge in [0.25, 0.3) is 6.10 Å². The molecule has 1 aliphatic heterocycles. The van der Waals surface area contributed by atoms with Gasteiger partial charge in [-0.1, -0.05) is 0 Å². The lowest BCUT2D eigenvalue weighted by Crippen LogP contribution is -2.72. The Hall–Kier alpha value is -0.995. The molecular weight excluding hydrogens is 351 g/mol. The van der Waals surface area contributed by atoms with E-state index in [2.05, 4.69) is 4.74 Å². The topological polar surface area (TPSA) is 32.8 Å². The van der Waals surface area contributed by atoms with E-state index in [0.717, 1.165) is 0 Å². The summed E-state index contributed by atoms with van der Waals surface area (Å²) in [6.45, 7) is 4.39. The first-order valence-corrected chi connectivity index (χ1v) is 7.09. The number of amides is 1. The molecule has 0 N–H and O–H groups in total. The van der Waals surface area contributed by atoms with E-state index in [4.69, 9.17) is 23.5 Å². The Morgan fingerprint density at radius 3 is 1.92 bits per heavy atom. The summed E-state index contributed by atoms with van der Waals surface area (Å²) in [4.78, 5) is 13.8. The molecule has 13 heteroatoms. The van der Waals surface area contributed by atoms with Crippen molar-refractivity contribution in [1.29, 1.82) is 0 Å². The molecule has 0 aromatic rings. The number of alkyl halides is 6. The van der Waals surface area contributed by atoms with Crippen LogP contribution in [0, 0.1) is 0 Å². The normalized spacial score (nSPS) is 23.0. The molecule has 1 heterocycles. The average molecular weight is 366 g/mol. The molecule has 1 fully saturated rings. The Labute approximate surface area is 145 Å². The molecule has 1 unspecified atom stereocenters. The zero-order valence-electron chi connectivity index (χ0n) is 13.8. The van der Waals surface area contributed by atoms with Gasteiger partial charge in [0, 0.05) is 24.6 Å². The van der Waals surface area contributed by atoms with E-state index in [0.29, 0.717) is 4.90 Å².